The summed E-state index contributed by atoms with van der Waals surface area (Å²) in [7, 11) is 1.96. The minimum Gasteiger partial charge on any atom is -0.318 e. The molecule has 0 saturated heterocycles. The first-order valence-electron chi connectivity index (χ1n) is 6.83. The highest BCUT2D eigenvalue weighted by Gasteiger charge is 2.18. The molecular formula is C15H19N3S. The molecule has 0 radical (unpaired) electrons. The second kappa shape index (κ2) is 5.72. The van der Waals surface area contributed by atoms with Crippen LogP contribution in [0.4, 0.5) is 10.8 Å². The maximum absolute atomic E-state index is 4.75. The molecule has 2 aromatic rings. The van der Waals surface area contributed by atoms with Crippen LogP contribution in [0.3, 0.4) is 0 Å². The summed E-state index contributed by atoms with van der Waals surface area (Å²) >= 11 is 1.74. The van der Waals surface area contributed by atoms with Gasteiger partial charge in [0, 0.05) is 24.2 Å². The Balaban J connectivity index is 1.94. The second-order valence-electron chi connectivity index (χ2n) is 4.89. The fourth-order valence-corrected chi connectivity index (χ4v) is 3.44. The van der Waals surface area contributed by atoms with Crippen LogP contribution in [0.5, 0.6) is 0 Å². The molecule has 0 amide bonds. The summed E-state index contributed by atoms with van der Waals surface area (Å²) in [4.78, 5) is 7.13. The van der Waals surface area contributed by atoms with E-state index in [0.29, 0.717) is 0 Å². The highest BCUT2D eigenvalue weighted by Crippen LogP contribution is 2.34. The minimum atomic E-state index is 0.839. The third kappa shape index (κ3) is 2.65. The molecule has 1 aliphatic heterocycles. The quantitative estimate of drug-likeness (QED) is 0.929. The maximum atomic E-state index is 4.75. The Bertz CT molecular complexity index is 550. The molecule has 3 rings (SSSR count). The van der Waals surface area contributed by atoms with E-state index < -0.39 is 0 Å². The van der Waals surface area contributed by atoms with Gasteiger partial charge in [0.15, 0.2) is 5.13 Å². The fourth-order valence-electron chi connectivity index (χ4n) is 2.57. The highest BCUT2D eigenvalue weighted by atomic mass is 32.1. The zero-order chi connectivity index (χ0) is 13.1. The van der Waals surface area contributed by atoms with Crippen LogP contribution in [0, 0.1) is 0 Å². The summed E-state index contributed by atoms with van der Waals surface area (Å²) in [5, 5.41) is 6.43. The normalized spacial score (nSPS) is 15.1. The van der Waals surface area contributed by atoms with Crippen molar-refractivity contribution in [2.24, 2.45) is 0 Å². The molecule has 100 valence electrons. The lowest BCUT2D eigenvalue weighted by Gasteiger charge is -2.21. The number of hydrogen-bond donors (Lipinski definition) is 1. The number of nitrogens with zero attached hydrogens (tertiary/aromatic N) is 2. The molecule has 1 N–H and O–H groups in total. The summed E-state index contributed by atoms with van der Waals surface area (Å²) in [6.07, 6.45) is 3.68. The average Bonchev–Trinajstić information content (AvgIpc) is 2.78. The standard InChI is InChI=1S/C15H19N3S/c1-16-10-13-11-19-15(17-13)18-9-5-4-7-12-6-2-3-8-14(12)18/h2-3,6,8,11,16H,4-5,7,9-10H2,1H3. The van der Waals surface area contributed by atoms with Gasteiger partial charge in [-0.15, -0.1) is 11.3 Å². The third-order valence-corrected chi connectivity index (χ3v) is 4.40. The number of nitrogens with one attached hydrogen (secondary N) is 1. The van der Waals surface area contributed by atoms with E-state index in [1.807, 2.05) is 7.05 Å². The lowest BCUT2D eigenvalue weighted by atomic mass is 10.1. The van der Waals surface area contributed by atoms with E-state index >= 15 is 0 Å². The van der Waals surface area contributed by atoms with Crippen LogP contribution in [0.25, 0.3) is 0 Å². The van der Waals surface area contributed by atoms with Gasteiger partial charge in [0.05, 0.1) is 5.69 Å². The number of para-hydroxylation sites is 1. The van der Waals surface area contributed by atoms with Gasteiger partial charge in [-0.1, -0.05) is 18.2 Å². The summed E-state index contributed by atoms with van der Waals surface area (Å²) in [6.45, 7) is 1.91. The highest BCUT2D eigenvalue weighted by molar-refractivity contribution is 7.13. The van der Waals surface area contributed by atoms with E-state index in [1.54, 1.807) is 11.3 Å². The topological polar surface area (TPSA) is 28.2 Å². The summed E-state index contributed by atoms with van der Waals surface area (Å²) in [5.41, 5.74) is 3.92. The van der Waals surface area contributed by atoms with Crippen LogP contribution in [0.1, 0.15) is 24.1 Å². The molecule has 1 aromatic carbocycles. The Morgan fingerprint density at radius 1 is 1.32 bits per heavy atom. The van der Waals surface area contributed by atoms with Crippen molar-refractivity contribution in [2.45, 2.75) is 25.8 Å². The van der Waals surface area contributed by atoms with Gasteiger partial charge in [0.25, 0.3) is 0 Å². The van der Waals surface area contributed by atoms with Crippen LogP contribution in [-0.2, 0) is 13.0 Å². The first-order valence-corrected chi connectivity index (χ1v) is 7.71. The lowest BCUT2D eigenvalue weighted by Crippen LogP contribution is -2.18. The predicted octanol–water partition coefficient (Wildman–Crippen LogP) is 3.34. The zero-order valence-corrected chi connectivity index (χ0v) is 12.0. The van der Waals surface area contributed by atoms with Crippen LogP contribution in [-0.4, -0.2) is 18.6 Å². The van der Waals surface area contributed by atoms with Crippen molar-refractivity contribution in [3.8, 4) is 0 Å². The molecule has 1 aliphatic rings. The van der Waals surface area contributed by atoms with E-state index in [9.17, 15) is 0 Å². The van der Waals surface area contributed by atoms with Crippen molar-refractivity contribution in [1.29, 1.82) is 0 Å². The van der Waals surface area contributed by atoms with Gasteiger partial charge in [-0.2, -0.15) is 0 Å². The van der Waals surface area contributed by atoms with Gasteiger partial charge in [0.2, 0.25) is 0 Å². The van der Waals surface area contributed by atoms with Crippen LogP contribution in [0.15, 0.2) is 29.6 Å². The van der Waals surface area contributed by atoms with Crippen LogP contribution >= 0.6 is 11.3 Å². The van der Waals surface area contributed by atoms with Gasteiger partial charge in [0.1, 0.15) is 0 Å². The molecule has 1 aromatic heterocycles. The fraction of sp³-hybridized carbons (Fsp3) is 0.400. The molecule has 0 saturated carbocycles. The molecule has 0 bridgehead atoms. The van der Waals surface area contributed by atoms with Crippen molar-refractivity contribution in [2.75, 3.05) is 18.5 Å². The number of fused-ring (bicyclic) bond motifs is 1. The molecule has 3 nitrogen and oxygen atoms in total. The van der Waals surface area contributed by atoms with E-state index in [0.717, 1.165) is 23.9 Å². The number of hydrogen-bond acceptors (Lipinski definition) is 4. The smallest absolute Gasteiger partial charge is 0.190 e. The van der Waals surface area contributed by atoms with E-state index in [1.165, 1.54) is 30.5 Å². The number of rotatable bonds is 3. The minimum absolute atomic E-state index is 0.839. The first-order chi connectivity index (χ1) is 9.38. The summed E-state index contributed by atoms with van der Waals surface area (Å²) in [5.74, 6) is 0. The maximum Gasteiger partial charge on any atom is 0.190 e. The third-order valence-electron chi connectivity index (χ3n) is 3.49. The van der Waals surface area contributed by atoms with Crippen LogP contribution < -0.4 is 10.2 Å². The van der Waals surface area contributed by atoms with Crippen molar-refractivity contribution < 1.29 is 0 Å². The molecule has 19 heavy (non-hydrogen) atoms. The first kappa shape index (κ1) is 12.6. The molecule has 0 atom stereocenters. The van der Waals surface area contributed by atoms with Gasteiger partial charge in [-0.25, -0.2) is 4.98 Å². The van der Waals surface area contributed by atoms with Gasteiger partial charge in [-0.05, 0) is 37.9 Å². The van der Waals surface area contributed by atoms with Gasteiger partial charge in [-0.3, -0.25) is 0 Å². The number of anilines is 2. The summed E-state index contributed by atoms with van der Waals surface area (Å²) in [6, 6.07) is 8.73. The van der Waals surface area contributed by atoms with Crippen molar-refractivity contribution in [3.63, 3.8) is 0 Å². The number of benzene rings is 1. The Morgan fingerprint density at radius 3 is 3.11 bits per heavy atom. The molecule has 4 heteroatoms. The Kier molecular flexibility index (Phi) is 3.80. The zero-order valence-electron chi connectivity index (χ0n) is 11.2. The van der Waals surface area contributed by atoms with Crippen molar-refractivity contribution in [1.82, 2.24) is 10.3 Å². The van der Waals surface area contributed by atoms with Gasteiger partial charge < -0.3 is 10.2 Å². The molecule has 0 fully saturated rings. The molecule has 2 heterocycles. The second-order valence-corrected chi connectivity index (χ2v) is 5.73. The number of aryl methyl sites for hydroxylation is 1. The lowest BCUT2D eigenvalue weighted by molar-refractivity contribution is 0.756. The van der Waals surface area contributed by atoms with E-state index in [2.05, 4.69) is 39.9 Å². The Morgan fingerprint density at radius 2 is 2.21 bits per heavy atom. The predicted molar refractivity (Wildman–Crippen MR) is 81.3 cm³/mol. The van der Waals surface area contributed by atoms with Gasteiger partial charge >= 0.3 is 0 Å². The Labute approximate surface area is 118 Å². The SMILES string of the molecule is CNCc1csc(N2CCCCc3ccccc32)n1. The largest absolute Gasteiger partial charge is 0.318 e. The summed E-state index contributed by atoms with van der Waals surface area (Å²) < 4.78 is 0. The van der Waals surface area contributed by atoms with Crippen LogP contribution in [0.2, 0.25) is 0 Å². The van der Waals surface area contributed by atoms with Crippen molar-refractivity contribution >= 4 is 22.2 Å². The number of aromatic nitrogens is 1. The Hall–Kier alpha value is -1.39. The molecule has 0 aliphatic carbocycles. The number of thiazole rings is 1. The molecular weight excluding hydrogens is 254 g/mol. The average molecular weight is 273 g/mol. The van der Waals surface area contributed by atoms with Crippen molar-refractivity contribution in [3.05, 3.63) is 40.9 Å². The molecule has 0 unspecified atom stereocenters. The van der Waals surface area contributed by atoms with E-state index in [-0.39, 0.29) is 0 Å². The monoisotopic (exact) mass is 273 g/mol. The molecule has 0 spiro atoms. The van der Waals surface area contributed by atoms with E-state index in [4.69, 9.17) is 4.98 Å².